The molecule has 0 aliphatic carbocycles. The standard InChI is InChI=1S/C22H29N3O4/c1-15(29-19-10-6-16(7-11-19)22(2,3)4)21(27)25-24-20(26)14-23-17-8-12-18(28-5)13-9-17/h6-13,15,23H,14H2,1-5H3,(H,24,26)(H,25,27). The van der Waals surface area contributed by atoms with Crippen LogP contribution >= 0.6 is 0 Å². The number of anilines is 1. The number of hydrogen-bond acceptors (Lipinski definition) is 5. The van der Waals surface area contributed by atoms with Crippen LogP contribution in [0, 0.1) is 0 Å². The largest absolute Gasteiger partial charge is 0.497 e. The number of nitrogens with one attached hydrogen (secondary N) is 3. The topological polar surface area (TPSA) is 88.7 Å². The third-order valence-corrected chi connectivity index (χ3v) is 4.27. The molecule has 0 bridgehead atoms. The molecule has 0 heterocycles. The molecule has 0 aliphatic heterocycles. The van der Waals surface area contributed by atoms with Crippen molar-refractivity contribution in [3.8, 4) is 11.5 Å². The van der Waals surface area contributed by atoms with Gasteiger partial charge in [0.1, 0.15) is 11.5 Å². The minimum absolute atomic E-state index is 0.0100. The summed E-state index contributed by atoms with van der Waals surface area (Å²) >= 11 is 0. The van der Waals surface area contributed by atoms with E-state index in [-0.39, 0.29) is 17.9 Å². The van der Waals surface area contributed by atoms with Gasteiger partial charge in [0.2, 0.25) is 0 Å². The Labute approximate surface area is 171 Å². The fraction of sp³-hybridized carbons (Fsp3) is 0.364. The van der Waals surface area contributed by atoms with E-state index in [1.54, 1.807) is 38.3 Å². The second-order valence-electron chi connectivity index (χ2n) is 7.65. The Morgan fingerprint density at radius 2 is 1.52 bits per heavy atom. The maximum Gasteiger partial charge on any atom is 0.279 e. The van der Waals surface area contributed by atoms with E-state index in [1.807, 2.05) is 24.3 Å². The molecule has 29 heavy (non-hydrogen) atoms. The predicted octanol–water partition coefficient (Wildman–Crippen LogP) is 3.02. The Morgan fingerprint density at radius 3 is 2.07 bits per heavy atom. The molecule has 0 aliphatic rings. The molecule has 0 saturated carbocycles. The molecule has 0 saturated heterocycles. The van der Waals surface area contributed by atoms with Crippen molar-refractivity contribution in [2.24, 2.45) is 0 Å². The molecule has 2 aromatic rings. The third kappa shape index (κ3) is 7.03. The summed E-state index contributed by atoms with van der Waals surface area (Å²) in [6, 6.07) is 14.8. The first-order chi connectivity index (χ1) is 13.7. The molecule has 7 nitrogen and oxygen atoms in total. The van der Waals surface area contributed by atoms with E-state index in [9.17, 15) is 9.59 Å². The fourth-order valence-corrected chi connectivity index (χ4v) is 2.46. The highest BCUT2D eigenvalue weighted by Gasteiger charge is 2.17. The highest BCUT2D eigenvalue weighted by molar-refractivity contribution is 5.86. The average molecular weight is 399 g/mol. The molecule has 2 aromatic carbocycles. The lowest BCUT2D eigenvalue weighted by Gasteiger charge is -2.20. The van der Waals surface area contributed by atoms with Gasteiger partial charge >= 0.3 is 0 Å². The highest BCUT2D eigenvalue weighted by atomic mass is 16.5. The van der Waals surface area contributed by atoms with Crippen LogP contribution in [0.3, 0.4) is 0 Å². The number of benzene rings is 2. The molecule has 0 fully saturated rings. The Morgan fingerprint density at radius 1 is 0.931 bits per heavy atom. The maximum absolute atomic E-state index is 12.1. The average Bonchev–Trinajstić information content (AvgIpc) is 2.70. The van der Waals surface area contributed by atoms with Crippen molar-refractivity contribution in [2.45, 2.75) is 39.2 Å². The number of methoxy groups -OCH3 is 1. The number of hydrogen-bond donors (Lipinski definition) is 3. The zero-order valence-corrected chi connectivity index (χ0v) is 17.5. The predicted molar refractivity (Wildman–Crippen MR) is 113 cm³/mol. The van der Waals surface area contributed by atoms with Crippen LogP contribution in [0.5, 0.6) is 11.5 Å². The molecule has 1 atom stereocenters. The first kappa shape index (κ1) is 22.1. The van der Waals surface area contributed by atoms with Gasteiger partial charge in [0.15, 0.2) is 6.10 Å². The van der Waals surface area contributed by atoms with Gasteiger partial charge in [-0.15, -0.1) is 0 Å². The minimum atomic E-state index is -0.759. The molecule has 7 heteroatoms. The Kier molecular flexibility index (Phi) is 7.47. The summed E-state index contributed by atoms with van der Waals surface area (Å²) in [5.74, 6) is 0.501. The van der Waals surface area contributed by atoms with Crippen LogP contribution in [0.2, 0.25) is 0 Å². The molecule has 2 rings (SSSR count). The summed E-state index contributed by atoms with van der Waals surface area (Å²) in [4.78, 5) is 24.0. The second-order valence-corrected chi connectivity index (χ2v) is 7.65. The summed E-state index contributed by atoms with van der Waals surface area (Å²) < 4.78 is 10.7. The maximum atomic E-state index is 12.1. The van der Waals surface area contributed by atoms with Crippen LogP contribution in [0.1, 0.15) is 33.3 Å². The number of carbonyl (C=O) groups excluding carboxylic acids is 2. The lowest BCUT2D eigenvalue weighted by atomic mass is 9.87. The van der Waals surface area contributed by atoms with Crippen molar-refractivity contribution >= 4 is 17.5 Å². The van der Waals surface area contributed by atoms with Crippen molar-refractivity contribution in [3.05, 3.63) is 54.1 Å². The van der Waals surface area contributed by atoms with Crippen molar-refractivity contribution in [1.29, 1.82) is 0 Å². The third-order valence-electron chi connectivity index (χ3n) is 4.27. The first-order valence-electron chi connectivity index (χ1n) is 9.43. The van der Waals surface area contributed by atoms with Gasteiger partial charge in [-0.05, 0) is 54.3 Å². The van der Waals surface area contributed by atoms with E-state index in [1.165, 1.54) is 5.56 Å². The molecule has 0 radical (unpaired) electrons. The molecule has 1 unspecified atom stereocenters. The first-order valence-corrected chi connectivity index (χ1v) is 9.43. The summed E-state index contributed by atoms with van der Waals surface area (Å²) in [5, 5.41) is 2.96. The zero-order chi connectivity index (χ0) is 21.4. The van der Waals surface area contributed by atoms with Gasteiger partial charge in [0.05, 0.1) is 13.7 Å². The molecule has 156 valence electrons. The van der Waals surface area contributed by atoms with Crippen molar-refractivity contribution in [3.63, 3.8) is 0 Å². The van der Waals surface area contributed by atoms with Crippen LogP contribution < -0.4 is 25.6 Å². The van der Waals surface area contributed by atoms with Gasteiger partial charge in [-0.3, -0.25) is 20.4 Å². The van der Waals surface area contributed by atoms with Crippen LogP contribution in [-0.4, -0.2) is 31.6 Å². The number of carbonyl (C=O) groups is 2. The SMILES string of the molecule is COc1ccc(NCC(=O)NNC(=O)C(C)Oc2ccc(C(C)(C)C)cc2)cc1. The Balaban J connectivity index is 1.75. The van der Waals surface area contributed by atoms with Crippen molar-refractivity contribution in [1.82, 2.24) is 10.9 Å². The molecule has 3 N–H and O–H groups in total. The van der Waals surface area contributed by atoms with E-state index in [0.29, 0.717) is 5.75 Å². The summed E-state index contributed by atoms with van der Waals surface area (Å²) in [7, 11) is 1.59. The van der Waals surface area contributed by atoms with Crippen LogP contribution in [0.25, 0.3) is 0 Å². The summed E-state index contributed by atoms with van der Waals surface area (Å²) in [6.07, 6.45) is -0.759. The van der Waals surface area contributed by atoms with Crippen LogP contribution in [-0.2, 0) is 15.0 Å². The molecular formula is C22H29N3O4. The lowest BCUT2D eigenvalue weighted by Crippen LogP contribution is -2.48. The minimum Gasteiger partial charge on any atom is -0.497 e. The van der Waals surface area contributed by atoms with Crippen LogP contribution in [0.4, 0.5) is 5.69 Å². The van der Waals surface area contributed by atoms with Gasteiger partial charge in [-0.2, -0.15) is 0 Å². The molecule has 0 aromatic heterocycles. The number of ether oxygens (including phenoxy) is 2. The number of rotatable bonds is 7. The number of hydrazine groups is 1. The molecular weight excluding hydrogens is 370 g/mol. The Bertz CT molecular complexity index is 811. The van der Waals surface area contributed by atoms with Gasteiger partial charge in [0.25, 0.3) is 11.8 Å². The van der Waals surface area contributed by atoms with E-state index in [2.05, 4.69) is 36.9 Å². The second kappa shape index (κ2) is 9.82. The van der Waals surface area contributed by atoms with E-state index in [0.717, 1.165) is 11.4 Å². The molecule has 2 amide bonds. The van der Waals surface area contributed by atoms with E-state index < -0.39 is 12.0 Å². The summed E-state index contributed by atoms with van der Waals surface area (Å²) in [6.45, 7) is 8.02. The van der Waals surface area contributed by atoms with Gasteiger partial charge < -0.3 is 14.8 Å². The quantitative estimate of drug-likeness (QED) is 0.623. The van der Waals surface area contributed by atoms with Crippen molar-refractivity contribution in [2.75, 3.05) is 19.0 Å². The zero-order valence-electron chi connectivity index (χ0n) is 17.5. The Hall–Kier alpha value is -3.22. The highest BCUT2D eigenvalue weighted by Crippen LogP contribution is 2.24. The van der Waals surface area contributed by atoms with Gasteiger partial charge in [-0.1, -0.05) is 32.9 Å². The van der Waals surface area contributed by atoms with Crippen LogP contribution in [0.15, 0.2) is 48.5 Å². The summed E-state index contributed by atoms with van der Waals surface area (Å²) in [5.41, 5.74) is 6.73. The van der Waals surface area contributed by atoms with Gasteiger partial charge in [-0.25, -0.2) is 0 Å². The molecule has 0 spiro atoms. The lowest BCUT2D eigenvalue weighted by molar-refractivity contribution is -0.132. The van der Waals surface area contributed by atoms with E-state index >= 15 is 0 Å². The monoisotopic (exact) mass is 399 g/mol. The number of amides is 2. The van der Waals surface area contributed by atoms with E-state index in [4.69, 9.17) is 9.47 Å². The normalized spacial score (nSPS) is 11.9. The van der Waals surface area contributed by atoms with Gasteiger partial charge in [0, 0.05) is 5.69 Å². The smallest absolute Gasteiger partial charge is 0.279 e. The van der Waals surface area contributed by atoms with Crippen molar-refractivity contribution < 1.29 is 19.1 Å². The fourth-order valence-electron chi connectivity index (χ4n) is 2.46.